The molecule has 72 heavy (non-hydrogen) atoms. The molecule has 2 aromatic rings. The van der Waals surface area contributed by atoms with Crippen LogP contribution in [-0.2, 0) is 31.9 Å². The minimum absolute atomic E-state index is 0.00418. The largest absolute Gasteiger partial charge is 0.465 e. The normalized spacial score (nSPS) is 19.8. The average Bonchev–Trinajstić information content (AvgIpc) is 3.36. The molecule has 23 heteroatoms. The van der Waals surface area contributed by atoms with Crippen LogP contribution in [0.2, 0.25) is 0 Å². The van der Waals surface area contributed by atoms with Crippen LogP contribution in [0.15, 0.2) is 58.5 Å². The summed E-state index contributed by atoms with van der Waals surface area (Å²) in [6.45, 7) is 8.06. The molecule has 1 saturated carbocycles. The van der Waals surface area contributed by atoms with Gasteiger partial charge in [0.1, 0.15) is 12.2 Å². The Balaban J connectivity index is 0.000000352. The van der Waals surface area contributed by atoms with Crippen LogP contribution in [0.3, 0.4) is 0 Å². The summed E-state index contributed by atoms with van der Waals surface area (Å²) in [6.07, 6.45) is 6.20. The van der Waals surface area contributed by atoms with Crippen LogP contribution in [0, 0.1) is 5.92 Å². The van der Waals surface area contributed by atoms with E-state index in [-0.39, 0.29) is 67.0 Å². The third-order valence-corrected chi connectivity index (χ3v) is 13.6. The van der Waals surface area contributed by atoms with Crippen molar-refractivity contribution in [2.75, 3.05) is 98.2 Å². The number of nitrogens with zero attached hydrogens (tertiary/aromatic N) is 8. The Morgan fingerprint density at radius 1 is 0.542 bits per heavy atom. The molecule has 0 spiro atoms. The molecule has 4 aliphatic heterocycles. The zero-order chi connectivity index (χ0) is 51.4. The lowest BCUT2D eigenvalue weighted by Crippen LogP contribution is -2.53. The molecule has 1 aliphatic carbocycles. The van der Waals surface area contributed by atoms with Gasteiger partial charge in [0, 0.05) is 85.1 Å². The zero-order valence-corrected chi connectivity index (χ0v) is 41.3. The van der Waals surface area contributed by atoms with Crippen LogP contribution in [0.5, 0.6) is 0 Å². The lowest BCUT2D eigenvalue weighted by molar-refractivity contribution is -0.132. The van der Waals surface area contributed by atoms with Crippen molar-refractivity contribution in [2.45, 2.75) is 82.8 Å². The monoisotopic (exact) mass is 1000 g/mol. The number of carbonyl (C=O) groups is 6. The third-order valence-electron chi connectivity index (χ3n) is 13.6. The number of amides is 7. The lowest BCUT2D eigenvalue weighted by atomic mass is 9.95. The summed E-state index contributed by atoms with van der Waals surface area (Å²) in [6, 6.07) is 14.3. The number of hydrogen-bond acceptors (Lipinski definition) is 11. The number of aliphatic imine (C=N–C) groups is 2. The summed E-state index contributed by atoms with van der Waals surface area (Å²) < 4.78 is 11.8. The van der Waals surface area contributed by atoms with Gasteiger partial charge in [-0.1, -0.05) is 24.3 Å². The van der Waals surface area contributed by atoms with E-state index in [1.54, 1.807) is 48.8 Å². The lowest BCUT2D eigenvalue weighted by Gasteiger charge is -2.36. The number of nitrogens with one attached hydrogen (secondary N) is 2. The molecule has 4 saturated heterocycles. The van der Waals surface area contributed by atoms with E-state index in [2.05, 4.69) is 20.6 Å². The predicted molar refractivity (Wildman–Crippen MR) is 271 cm³/mol. The number of carbonyl (C=O) groups excluding carboxylic acids is 5. The van der Waals surface area contributed by atoms with Gasteiger partial charge in [0.25, 0.3) is 0 Å². The first-order valence-electron chi connectivity index (χ1n) is 25.2. The molecular weight excluding hydrogens is 929 g/mol. The van der Waals surface area contributed by atoms with Crippen LogP contribution >= 0.6 is 0 Å². The van der Waals surface area contributed by atoms with Gasteiger partial charge in [0.2, 0.25) is 11.8 Å². The van der Waals surface area contributed by atoms with E-state index < -0.39 is 6.09 Å². The number of hydrogen-bond donors (Lipinski definition) is 7. The summed E-state index contributed by atoms with van der Waals surface area (Å²) in [5, 5.41) is 15.1. The second-order valence-electron chi connectivity index (χ2n) is 18.8. The maximum absolute atomic E-state index is 13.0. The fourth-order valence-corrected chi connectivity index (χ4v) is 9.40. The summed E-state index contributed by atoms with van der Waals surface area (Å²) >= 11 is 0. The first-order valence-corrected chi connectivity index (χ1v) is 25.2. The number of benzene rings is 2. The van der Waals surface area contributed by atoms with Crippen molar-refractivity contribution in [3.63, 3.8) is 0 Å². The van der Waals surface area contributed by atoms with E-state index in [4.69, 9.17) is 37.5 Å². The molecule has 394 valence electrons. The van der Waals surface area contributed by atoms with Gasteiger partial charge in [-0.3, -0.25) is 9.59 Å². The Kier molecular flexibility index (Phi) is 20.8. The van der Waals surface area contributed by atoms with Crippen molar-refractivity contribution in [3.8, 4) is 0 Å². The summed E-state index contributed by atoms with van der Waals surface area (Å²) in [4.78, 5) is 92.3. The van der Waals surface area contributed by atoms with E-state index in [0.29, 0.717) is 128 Å². The highest BCUT2D eigenvalue weighted by atomic mass is 16.6. The van der Waals surface area contributed by atoms with Gasteiger partial charge in [-0.05, 0) is 112 Å². The molecular formula is C49H74N14O9. The molecule has 5 fully saturated rings. The maximum atomic E-state index is 13.0. The van der Waals surface area contributed by atoms with Gasteiger partial charge < -0.3 is 77.5 Å². The maximum Gasteiger partial charge on any atom is 0.410 e. The summed E-state index contributed by atoms with van der Waals surface area (Å²) in [7, 11) is 0. The standard InChI is InChI=1S/C36H50N10O6.C13H24N4O3/c37-33(38)41-27-11-7-25(8-12-27)23-31(47)43-15-19-45(20-16-43)35(49)51-29-3-1-4-30(6-2-5-29)52-36(50)46-21-17-44(18-22-46)32(48)24-26-9-13-28(14-10-26)42-34(39)40;18-12(15-6-3-11-1-4-14-5-2-11)16-7-9-17(10-8-16)13(19)20/h7-14,29-30H,1-6,15-24H2,(H4,37,38,41)(H4,39,40,42);11,14H,1-10H2,(H,15,18)(H,19,20). The Bertz CT molecular complexity index is 2030. The van der Waals surface area contributed by atoms with Crippen molar-refractivity contribution >= 4 is 59.4 Å². The first-order chi connectivity index (χ1) is 34.7. The predicted octanol–water partition coefficient (Wildman–Crippen LogP) is 2.32. The van der Waals surface area contributed by atoms with Gasteiger partial charge in [0.05, 0.1) is 24.2 Å². The molecule has 0 aromatic heterocycles. The van der Waals surface area contributed by atoms with Crippen LogP contribution in [0.1, 0.15) is 68.9 Å². The molecule has 4 heterocycles. The third kappa shape index (κ3) is 17.7. The highest BCUT2D eigenvalue weighted by Gasteiger charge is 2.31. The van der Waals surface area contributed by atoms with Gasteiger partial charge in [-0.15, -0.1) is 0 Å². The topological polar surface area (TPSA) is 313 Å². The number of urea groups is 1. The molecule has 2 aromatic carbocycles. The highest BCUT2D eigenvalue weighted by Crippen LogP contribution is 2.24. The molecule has 7 rings (SSSR count). The fourth-order valence-electron chi connectivity index (χ4n) is 9.40. The van der Waals surface area contributed by atoms with E-state index >= 15 is 0 Å². The molecule has 11 N–H and O–H groups in total. The number of ether oxygens (including phenoxy) is 2. The minimum atomic E-state index is -0.907. The molecule has 0 radical (unpaired) electrons. The molecule has 7 amide bonds. The smallest absolute Gasteiger partial charge is 0.410 e. The Morgan fingerprint density at radius 3 is 1.31 bits per heavy atom. The van der Waals surface area contributed by atoms with Crippen molar-refractivity contribution < 1.29 is 43.3 Å². The molecule has 0 bridgehead atoms. The fraction of sp³-hybridized carbons (Fsp3) is 0.592. The average molecular weight is 1000 g/mol. The second kappa shape index (κ2) is 27.5. The Labute approximate surface area is 421 Å². The Hall–Kier alpha value is -7.04. The van der Waals surface area contributed by atoms with Gasteiger partial charge in [-0.2, -0.15) is 0 Å². The number of carboxylic acid groups (broad SMARTS) is 1. The van der Waals surface area contributed by atoms with E-state index in [9.17, 15) is 28.8 Å². The number of piperidine rings is 1. The highest BCUT2D eigenvalue weighted by molar-refractivity contribution is 5.82. The van der Waals surface area contributed by atoms with Crippen LogP contribution < -0.4 is 33.6 Å². The number of nitrogens with two attached hydrogens (primary N) is 4. The van der Waals surface area contributed by atoms with Crippen molar-refractivity contribution in [3.05, 3.63) is 59.7 Å². The van der Waals surface area contributed by atoms with Crippen molar-refractivity contribution in [1.82, 2.24) is 40.0 Å². The van der Waals surface area contributed by atoms with E-state index in [1.165, 1.54) is 17.7 Å². The van der Waals surface area contributed by atoms with Crippen molar-refractivity contribution in [1.29, 1.82) is 0 Å². The van der Waals surface area contributed by atoms with Gasteiger partial charge >= 0.3 is 24.3 Å². The number of piperazine rings is 3. The Morgan fingerprint density at radius 2 is 0.917 bits per heavy atom. The second-order valence-corrected chi connectivity index (χ2v) is 18.8. The van der Waals surface area contributed by atoms with Crippen LogP contribution in [0.25, 0.3) is 0 Å². The minimum Gasteiger partial charge on any atom is -0.465 e. The SMILES string of the molecule is NC(N)=Nc1ccc(CC(=O)N2CCN(C(=O)OC3CCCC(OC(=O)N4CCN(C(=O)Cc5ccc(N=C(N)N)cc5)CC4)CCC3)CC2)cc1.O=C(O)N1CCN(C(=O)NCCC2CCNCC2)CC1. The number of guanidine groups is 2. The number of rotatable bonds is 11. The van der Waals surface area contributed by atoms with Gasteiger partial charge in [0.15, 0.2) is 11.9 Å². The van der Waals surface area contributed by atoms with Crippen LogP contribution in [0.4, 0.5) is 30.6 Å². The molecule has 5 aliphatic rings. The van der Waals surface area contributed by atoms with Crippen molar-refractivity contribution in [2.24, 2.45) is 38.8 Å². The van der Waals surface area contributed by atoms with Crippen LogP contribution in [-0.4, -0.2) is 193 Å². The molecule has 0 unspecified atom stereocenters. The molecule has 23 nitrogen and oxygen atoms in total. The zero-order valence-electron chi connectivity index (χ0n) is 41.3. The first kappa shape index (κ1) is 54.3. The molecule has 0 atom stereocenters. The van der Waals surface area contributed by atoms with Gasteiger partial charge in [-0.25, -0.2) is 29.2 Å². The summed E-state index contributed by atoms with van der Waals surface area (Å²) in [5.74, 6) is 0.651. The van der Waals surface area contributed by atoms with E-state index in [0.717, 1.165) is 43.5 Å². The quantitative estimate of drug-likeness (QED) is 0.126. The van der Waals surface area contributed by atoms with E-state index in [1.807, 2.05) is 24.3 Å². The summed E-state index contributed by atoms with van der Waals surface area (Å²) in [5.41, 5.74) is 24.6.